The van der Waals surface area contributed by atoms with Crippen LogP contribution in [0, 0.1) is 6.92 Å². The van der Waals surface area contributed by atoms with Crippen molar-refractivity contribution < 1.29 is 8.42 Å². The number of sulfonamides is 1. The van der Waals surface area contributed by atoms with Gasteiger partial charge in [0.25, 0.3) is 0 Å². The number of hydrogen-bond acceptors (Lipinski definition) is 2. The highest BCUT2D eigenvalue weighted by Gasteiger charge is 2.27. The number of rotatable bonds is 3. The normalized spacial score (nSPS) is 17.7. The number of nitrogens with one attached hydrogen (secondary N) is 1. The maximum Gasteiger partial charge on any atom is 0.235 e. The van der Waals surface area contributed by atoms with E-state index in [0.29, 0.717) is 5.69 Å². The molecule has 18 heavy (non-hydrogen) atoms. The summed E-state index contributed by atoms with van der Waals surface area (Å²) in [5.74, 6) is 0. The maximum atomic E-state index is 12.3. The van der Waals surface area contributed by atoms with Gasteiger partial charge in [-0.1, -0.05) is 25.3 Å². The molecular weight excluding hydrogens is 314 g/mol. The molecule has 0 heterocycles. The third-order valence-corrected chi connectivity index (χ3v) is 5.91. The van der Waals surface area contributed by atoms with Crippen LogP contribution in [-0.4, -0.2) is 13.7 Å². The molecule has 0 atom stereocenters. The maximum absolute atomic E-state index is 12.3. The molecule has 3 nitrogen and oxygen atoms in total. The summed E-state index contributed by atoms with van der Waals surface area (Å²) in [6, 6.07) is 5.67. The average Bonchev–Trinajstić information content (AvgIpc) is 2.35. The van der Waals surface area contributed by atoms with Gasteiger partial charge >= 0.3 is 0 Å². The highest BCUT2D eigenvalue weighted by atomic mass is 79.9. The zero-order valence-electron chi connectivity index (χ0n) is 10.4. The fourth-order valence-electron chi connectivity index (χ4n) is 2.33. The Hall–Kier alpha value is -0.550. The van der Waals surface area contributed by atoms with Gasteiger partial charge < -0.3 is 0 Å². The molecular formula is C13H18BrNO2S. The van der Waals surface area contributed by atoms with E-state index in [1.54, 1.807) is 0 Å². The van der Waals surface area contributed by atoms with Crippen LogP contribution in [0.4, 0.5) is 5.69 Å². The molecule has 1 N–H and O–H groups in total. The Morgan fingerprint density at radius 3 is 2.56 bits per heavy atom. The smallest absolute Gasteiger partial charge is 0.235 e. The molecule has 0 radical (unpaired) electrons. The minimum absolute atomic E-state index is 0.237. The molecule has 1 aromatic rings. The SMILES string of the molecule is Cc1ccc(Br)c(NS(=O)(=O)C2CCCCC2)c1. The molecule has 0 aliphatic heterocycles. The number of halogens is 1. The Morgan fingerprint density at radius 1 is 1.22 bits per heavy atom. The van der Waals surface area contributed by atoms with Crippen molar-refractivity contribution >= 4 is 31.6 Å². The summed E-state index contributed by atoms with van der Waals surface area (Å²) in [7, 11) is -3.26. The van der Waals surface area contributed by atoms with Gasteiger partial charge in [-0.3, -0.25) is 4.72 Å². The van der Waals surface area contributed by atoms with Crippen molar-refractivity contribution in [2.45, 2.75) is 44.3 Å². The van der Waals surface area contributed by atoms with Gasteiger partial charge in [0.05, 0.1) is 10.9 Å². The first-order chi connectivity index (χ1) is 8.49. The Labute approximate surface area is 117 Å². The molecule has 1 aliphatic rings. The fraction of sp³-hybridized carbons (Fsp3) is 0.538. The molecule has 1 aliphatic carbocycles. The zero-order chi connectivity index (χ0) is 13.2. The first-order valence-corrected chi connectivity index (χ1v) is 8.61. The van der Waals surface area contributed by atoms with E-state index in [4.69, 9.17) is 0 Å². The summed E-state index contributed by atoms with van der Waals surface area (Å²) in [6.45, 7) is 1.95. The van der Waals surface area contributed by atoms with Crippen molar-refractivity contribution in [2.75, 3.05) is 4.72 Å². The molecule has 0 aromatic heterocycles. The minimum atomic E-state index is -3.26. The topological polar surface area (TPSA) is 46.2 Å². The van der Waals surface area contributed by atoms with Crippen LogP contribution < -0.4 is 4.72 Å². The molecule has 1 saturated carbocycles. The van der Waals surface area contributed by atoms with Gasteiger partial charge in [0, 0.05) is 4.47 Å². The lowest BCUT2D eigenvalue weighted by molar-refractivity contribution is 0.486. The van der Waals surface area contributed by atoms with E-state index in [9.17, 15) is 8.42 Å². The number of benzene rings is 1. The van der Waals surface area contributed by atoms with Crippen molar-refractivity contribution in [3.63, 3.8) is 0 Å². The minimum Gasteiger partial charge on any atom is -0.282 e. The summed E-state index contributed by atoms with van der Waals surface area (Å²) in [4.78, 5) is 0. The van der Waals surface area contributed by atoms with Crippen LogP contribution in [0.5, 0.6) is 0 Å². The molecule has 1 aromatic carbocycles. The van der Waals surface area contributed by atoms with Crippen LogP contribution in [0.3, 0.4) is 0 Å². The monoisotopic (exact) mass is 331 g/mol. The number of hydrogen-bond donors (Lipinski definition) is 1. The van der Waals surface area contributed by atoms with E-state index in [1.165, 1.54) is 0 Å². The molecule has 100 valence electrons. The summed E-state index contributed by atoms with van der Waals surface area (Å²) < 4.78 is 28.1. The quantitative estimate of drug-likeness (QED) is 0.914. The van der Waals surface area contributed by atoms with E-state index in [1.807, 2.05) is 25.1 Å². The summed E-state index contributed by atoms with van der Waals surface area (Å²) >= 11 is 3.38. The largest absolute Gasteiger partial charge is 0.282 e. The van der Waals surface area contributed by atoms with Gasteiger partial charge in [0.15, 0.2) is 0 Å². The first kappa shape index (κ1) is 13.9. The van der Waals surface area contributed by atoms with Crippen molar-refractivity contribution in [1.82, 2.24) is 0 Å². The van der Waals surface area contributed by atoms with Crippen LogP contribution >= 0.6 is 15.9 Å². The van der Waals surface area contributed by atoms with Crippen LogP contribution in [0.1, 0.15) is 37.7 Å². The van der Waals surface area contributed by atoms with Gasteiger partial charge in [-0.15, -0.1) is 0 Å². The third kappa shape index (κ3) is 3.26. The lowest BCUT2D eigenvalue weighted by Crippen LogP contribution is -2.29. The van der Waals surface area contributed by atoms with E-state index in [2.05, 4.69) is 20.7 Å². The van der Waals surface area contributed by atoms with Gasteiger partial charge in [0.2, 0.25) is 10.0 Å². The third-order valence-electron chi connectivity index (χ3n) is 3.37. The van der Waals surface area contributed by atoms with E-state index >= 15 is 0 Å². The molecule has 0 spiro atoms. The molecule has 2 rings (SSSR count). The van der Waals surface area contributed by atoms with Crippen molar-refractivity contribution in [3.8, 4) is 0 Å². The summed E-state index contributed by atoms with van der Waals surface area (Å²) in [5, 5.41) is -0.237. The molecule has 0 unspecified atom stereocenters. The lowest BCUT2D eigenvalue weighted by Gasteiger charge is -2.22. The van der Waals surface area contributed by atoms with Crippen LogP contribution in [-0.2, 0) is 10.0 Å². The zero-order valence-corrected chi connectivity index (χ0v) is 12.9. The lowest BCUT2D eigenvalue weighted by atomic mass is 10.0. The number of aryl methyl sites for hydroxylation is 1. The molecule has 1 fully saturated rings. The molecule has 0 saturated heterocycles. The van der Waals surface area contributed by atoms with E-state index in [-0.39, 0.29) is 5.25 Å². The van der Waals surface area contributed by atoms with Crippen LogP contribution in [0.15, 0.2) is 22.7 Å². The second-order valence-electron chi connectivity index (χ2n) is 4.89. The van der Waals surface area contributed by atoms with Crippen molar-refractivity contribution in [2.24, 2.45) is 0 Å². The predicted octanol–water partition coefficient (Wildman–Crippen LogP) is 3.83. The standard InChI is InChI=1S/C13H18BrNO2S/c1-10-7-8-12(14)13(9-10)15-18(16,17)11-5-3-2-4-6-11/h7-9,11,15H,2-6H2,1H3. The highest BCUT2D eigenvalue weighted by molar-refractivity contribution is 9.10. The van der Waals surface area contributed by atoms with Crippen molar-refractivity contribution in [1.29, 1.82) is 0 Å². The second-order valence-corrected chi connectivity index (χ2v) is 7.71. The first-order valence-electron chi connectivity index (χ1n) is 6.27. The molecule has 0 amide bonds. The Morgan fingerprint density at radius 2 is 1.89 bits per heavy atom. The fourth-order valence-corrected chi connectivity index (χ4v) is 4.40. The van der Waals surface area contributed by atoms with Crippen molar-refractivity contribution in [3.05, 3.63) is 28.2 Å². The molecule has 0 bridgehead atoms. The predicted molar refractivity (Wildman–Crippen MR) is 78.3 cm³/mol. The van der Waals surface area contributed by atoms with Gasteiger partial charge in [-0.2, -0.15) is 0 Å². The Balaban J connectivity index is 2.18. The Bertz CT molecular complexity index is 522. The van der Waals surface area contributed by atoms with E-state index in [0.717, 1.165) is 42.1 Å². The van der Waals surface area contributed by atoms with Gasteiger partial charge in [-0.25, -0.2) is 8.42 Å². The van der Waals surface area contributed by atoms with E-state index < -0.39 is 10.0 Å². The second kappa shape index (κ2) is 5.61. The van der Waals surface area contributed by atoms with Gasteiger partial charge in [0.1, 0.15) is 0 Å². The van der Waals surface area contributed by atoms with Crippen LogP contribution in [0.25, 0.3) is 0 Å². The molecule has 5 heteroatoms. The van der Waals surface area contributed by atoms with Crippen LogP contribution in [0.2, 0.25) is 0 Å². The highest BCUT2D eigenvalue weighted by Crippen LogP contribution is 2.29. The summed E-state index contributed by atoms with van der Waals surface area (Å²) in [5.41, 5.74) is 1.68. The average molecular weight is 332 g/mol. The Kier molecular flexibility index (Phi) is 4.33. The number of anilines is 1. The summed E-state index contributed by atoms with van der Waals surface area (Å²) in [6.07, 6.45) is 4.73. The van der Waals surface area contributed by atoms with Gasteiger partial charge in [-0.05, 0) is 53.4 Å².